The minimum Gasteiger partial charge on any atom is -0.508 e. The van der Waals surface area contributed by atoms with Crippen molar-refractivity contribution in [3.63, 3.8) is 0 Å². The van der Waals surface area contributed by atoms with Crippen molar-refractivity contribution in [3.05, 3.63) is 29.8 Å². The fourth-order valence-electron chi connectivity index (χ4n) is 2.23. The molecule has 110 valence electrons. The minimum absolute atomic E-state index is 0.0802. The molecule has 1 aromatic carbocycles. The van der Waals surface area contributed by atoms with Gasteiger partial charge in [-0.05, 0) is 24.1 Å². The van der Waals surface area contributed by atoms with Gasteiger partial charge in [0.1, 0.15) is 5.75 Å². The molecule has 1 heterocycles. The molecule has 1 amide bonds. The maximum atomic E-state index is 11.7. The van der Waals surface area contributed by atoms with Crippen LogP contribution in [0.3, 0.4) is 0 Å². The third-order valence-corrected chi connectivity index (χ3v) is 3.41. The lowest BCUT2D eigenvalue weighted by Crippen LogP contribution is -2.39. The van der Waals surface area contributed by atoms with E-state index < -0.39 is 0 Å². The van der Waals surface area contributed by atoms with E-state index in [0.29, 0.717) is 13.0 Å². The van der Waals surface area contributed by atoms with Gasteiger partial charge in [0.15, 0.2) is 0 Å². The predicted molar refractivity (Wildman–Crippen MR) is 76.7 cm³/mol. The zero-order valence-corrected chi connectivity index (χ0v) is 11.7. The molecule has 0 aromatic heterocycles. The first-order chi connectivity index (χ1) is 9.74. The summed E-state index contributed by atoms with van der Waals surface area (Å²) in [5.74, 6) is 0.345. The number of carbonyl (C=O) groups excluding carboxylic acids is 1. The van der Waals surface area contributed by atoms with Crippen molar-refractivity contribution in [2.24, 2.45) is 0 Å². The summed E-state index contributed by atoms with van der Waals surface area (Å²) in [6.45, 7) is 4.75. The van der Waals surface area contributed by atoms with Crippen molar-refractivity contribution in [2.45, 2.75) is 12.8 Å². The molecule has 0 spiro atoms. The van der Waals surface area contributed by atoms with Gasteiger partial charge in [-0.2, -0.15) is 0 Å². The van der Waals surface area contributed by atoms with Crippen LogP contribution in [0.2, 0.25) is 0 Å². The molecule has 2 rings (SSSR count). The highest BCUT2D eigenvalue weighted by Crippen LogP contribution is 2.10. The number of morpholine rings is 1. The van der Waals surface area contributed by atoms with Gasteiger partial charge in [-0.1, -0.05) is 12.1 Å². The van der Waals surface area contributed by atoms with Gasteiger partial charge in [0.05, 0.1) is 13.2 Å². The Labute approximate surface area is 119 Å². The van der Waals surface area contributed by atoms with E-state index in [9.17, 15) is 9.90 Å². The number of nitrogens with one attached hydrogen (secondary N) is 1. The van der Waals surface area contributed by atoms with Crippen molar-refractivity contribution < 1.29 is 14.6 Å². The number of carbonyl (C=O) groups is 1. The molecule has 0 radical (unpaired) electrons. The smallest absolute Gasteiger partial charge is 0.221 e. The molecule has 1 saturated heterocycles. The molecule has 1 aliphatic rings. The number of phenols is 1. The lowest BCUT2D eigenvalue weighted by Gasteiger charge is -2.26. The first-order valence-corrected chi connectivity index (χ1v) is 7.09. The molecule has 1 aliphatic heterocycles. The number of hydrogen-bond acceptors (Lipinski definition) is 4. The summed E-state index contributed by atoms with van der Waals surface area (Å²) >= 11 is 0. The maximum Gasteiger partial charge on any atom is 0.221 e. The van der Waals surface area contributed by atoms with E-state index in [1.54, 1.807) is 12.1 Å². The summed E-state index contributed by atoms with van der Waals surface area (Å²) in [6, 6.07) is 7.12. The Kier molecular flexibility index (Phi) is 5.83. The Morgan fingerprint density at radius 2 is 2.15 bits per heavy atom. The molecule has 5 heteroatoms. The van der Waals surface area contributed by atoms with E-state index in [0.717, 1.165) is 44.8 Å². The van der Waals surface area contributed by atoms with Gasteiger partial charge >= 0.3 is 0 Å². The maximum absolute atomic E-state index is 11.7. The summed E-state index contributed by atoms with van der Waals surface area (Å²) in [7, 11) is 0. The van der Waals surface area contributed by atoms with Crippen LogP contribution in [0.4, 0.5) is 0 Å². The van der Waals surface area contributed by atoms with Gasteiger partial charge in [0.2, 0.25) is 5.91 Å². The minimum atomic E-state index is 0.0802. The molecular weight excluding hydrogens is 256 g/mol. The average molecular weight is 278 g/mol. The van der Waals surface area contributed by atoms with Crippen LogP contribution in [0.15, 0.2) is 24.3 Å². The number of nitrogens with zero attached hydrogens (tertiary/aromatic N) is 1. The monoisotopic (exact) mass is 278 g/mol. The molecule has 0 aliphatic carbocycles. The van der Waals surface area contributed by atoms with Crippen LogP contribution in [0, 0.1) is 0 Å². The molecule has 5 nitrogen and oxygen atoms in total. The molecule has 20 heavy (non-hydrogen) atoms. The van der Waals surface area contributed by atoms with Crippen molar-refractivity contribution in [1.82, 2.24) is 10.2 Å². The summed E-state index contributed by atoms with van der Waals surface area (Å²) in [4.78, 5) is 14.0. The van der Waals surface area contributed by atoms with Gasteiger partial charge in [-0.25, -0.2) is 0 Å². The van der Waals surface area contributed by atoms with Crippen LogP contribution < -0.4 is 5.32 Å². The quantitative estimate of drug-likeness (QED) is 0.807. The summed E-state index contributed by atoms with van der Waals surface area (Å²) in [5, 5.41) is 12.3. The number of benzene rings is 1. The average Bonchev–Trinajstić information content (AvgIpc) is 2.46. The van der Waals surface area contributed by atoms with Crippen molar-refractivity contribution in [1.29, 1.82) is 0 Å². The molecular formula is C15H22N2O3. The molecule has 2 N–H and O–H groups in total. The Balaban J connectivity index is 1.60. The number of hydrogen-bond donors (Lipinski definition) is 2. The van der Waals surface area contributed by atoms with Crippen LogP contribution >= 0.6 is 0 Å². The summed E-state index contributed by atoms with van der Waals surface area (Å²) < 4.78 is 5.27. The van der Waals surface area contributed by atoms with E-state index in [1.807, 2.05) is 12.1 Å². The van der Waals surface area contributed by atoms with E-state index in [4.69, 9.17) is 4.74 Å². The van der Waals surface area contributed by atoms with E-state index in [1.165, 1.54) is 0 Å². The van der Waals surface area contributed by atoms with Gasteiger partial charge < -0.3 is 15.2 Å². The Hall–Kier alpha value is -1.59. The third kappa shape index (κ3) is 5.19. The van der Waals surface area contributed by atoms with E-state index >= 15 is 0 Å². The van der Waals surface area contributed by atoms with Crippen molar-refractivity contribution >= 4 is 5.91 Å². The fourth-order valence-corrected chi connectivity index (χ4v) is 2.23. The lowest BCUT2D eigenvalue weighted by atomic mass is 10.1. The van der Waals surface area contributed by atoms with Gasteiger partial charge in [0, 0.05) is 32.6 Å². The zero-order chi connectivity index (χ0) is 14.2. The number of aromatic hydroxyl groups is 1. The van der Waals surface area contributed by atoms with Gasteiger partial charge in [-0.3, -0.25) is 9.69 Å². The fraction of sp³-hybridized carbons (Fsp3) is 0.533. The normalized spacial score (nSPS) is 16.0. The topological polar surface area (TPSA) is 61.8 Å². The first-order valence-electron chi connectivity index (χ1n) is 7.09. The number of ether oxygens (including phenoxy) is 1. The molecule has 0 atom stereocenters. The number of phenolic OH excluding ortho intramolecular Hbond substituents is 1. The van der Waals surface area contributed by atoms with E-state index in [-0.39, 0.29) is 11.7 Å². The standard InChI is InChI=1S/C15H22N2O3/c18-14-3-1-2-13(12-14)4-6-16-15(19)5-7-17-8-10-20-11-9-17/h1-3,12,18H,4-11H2,(H,16,19). The van der Waals surface area contributed by atoms with Crippen LogP contribution in [0.25, 0.3) is 0 Å². The Morgan fingerprint density at radius 3 is 2.90 bits per heavy atom. The van der Waals surface area contributed by atoms with Crippen LogP contribution in [-0.4, -0.2) is 55.3 Å². The van der Waals surface area contributed by atoms with Crippen LogP contribution in [-0.2, 0) is 16.0 Å². The molecule has 1 aromatic rings. The van der Waals surface area contributed by atoms with Gasteiger partial charge in [0.25, 0.3) is 0 Å². The highest BCUT2D eigenvalue weighted by atomic mass is 16.5. The highest BCUT2D eigenvalue weighted by molar-refractivity contribution is 5.76. The SMILES string of the molecule is O=C(CCN1CCOCC1)NCCc1cccc(O)c1. The Bertz CT molecular complexity index is 431. The van der Waals surface area contributed by atoms with Crippen LogP contribution in [0.5, 0.6) is 5.75 Å². The second-order valence-electron chi connectivity index (χ2n) is 4.97. The molecule has 0 unspecified atom stereocenters. The number of amides is 1. The third-order valence-electron chi connectivity index (χ3n) is 3.41. The van der Waals surface area contributed by atoms with E-state index in [2.05, 4.69) is 10.2 Å². The largest absolute Gasteiger partial charge is 0.508 e. The van der Waals surface area contributed by atoms with Crippen LogP contribution in [0.1, 0.15) is 12.0 Å². The molecule has 0 saturated carbocycles. The summed E-state index contributed by atoms with van der Waals surface area (Å²) in [6.07, 6.45) is 1.26. The predicted octanol–water partition coefficient (Wildman–Crippen LogP) is 0.773. The molecule has 0 bridgehead atoms. The lowest BCUT2D eigenvalue weighted by molar-refractivity contribution is -0.121. The van der Waals surface area contributed by atoms with Crippen molar-refractivity contribution in [3.8, 4) is 5.75 Å². The second kappa shape index (κ2) is 7.87. The van der Waals surface area contributed by atoms with Crippen molar-refractivity contribution in [2.75, 3.05) is 39.4 Å². The second-order valence-corrected chi connectivity index (χ2v) is 4.97. The molecule has 1 fully saturated rings. The first kappa shape index (κ1) is 14.8. The zero-order valence-electron chi connectivity index (χ0n) is 11.7. The highest BCUT2D eigenvalue weighted by Gasteiger charge is 2.11. The Morgan fingerprint density at radius 1 is 1.35 bits per heavy atom. The van der Waals surface area contributed by atoms with Gasteiger partial charge in [-0.15, -0.1) is 0 Å². The summed E-state index contributed by atoms with van der Waals surface area (Å²) in [5.41, 5.74) is 1.03. The number of rotatable bonds is 6.